The third kappa shape index (κ3) is 4.20. The summed E-state index contributed by atoms with van der Waals surface area (Å²) in [4.78, 5) is 29.4. The molecule has 1 aliphatic carbocycles. The van der Waals surface area contributed by atoms with Crippen molar-refractivity contribution in [1.29, 1.82) is 0 Å². The zero-order valence-electron chi connectivity index (χ0n) is 15.8. The smallest absolute Gasteiger partial charge is 0.231 e. The number of hydrogen-bond donors (Lipinski definition) is 0. The van der Waals surface area contributed by atoms with Gasteiger partial charge in [-0.05, 0) is 37.0 Å². The van der Waals surface area contributed by atoms with E-state index in [4.69, 9.17) is 9.47 Å². The van der Waals surface area contributed by atoms with Gasteiger partial charge >= 0.3 is 0 Å². The lowest BCUT2D eigenvalue weighted by atomic mass is 9.88. The van der Waals surface area contributed by atoms with Crippen molar-refractivity contribution >= 4 is 11.8 Å². The SMILES string of the molecule is O=C(Cc1ccc2c(c1)OCO2)N1CCCN(C(=O)C2CCCCC2)CC1. The lowest BCUT2D eigenvalue weighted by molar-refractivity contribution is -0.137. The molecule has 2 heterocycles. The number of amides is 2. The molecule has 1 aromatic rings. The molecule has 0 N–H and O–H groups in total. The predicted octanol–water partition coefficient (Wildman–Crippen LogP) is 2.60. The van der Waals surface area contributed by atoms with Gasteiger partial charge in [0.2, 0.25) is 18.6 Å². The topological polar surface area (TPSA) is 59.1 Å². The molecular weight excluding hydrogens is 344 g/mol. The van der Waals surface area contributed by atoms with Crippen molar-refractivity contribution in [2.75, 3.05) is 33.0 Å². The van der Waals surface area contributed by atoms with E-state index >= 15 is 0 Å². The molecule has 0 aromatic heterocycles. The van der Waals surface area contributed by atoms with Crippen LogP contribution in [0.2, 0.25) is 0 Å². The molecule has 2 aliphatic heterocycles. The lowest BCUT2D eigenvalue weighted by Gasteiger charge is -2.28. The zero-order valence-corrected chi connectivity index (χ0v) is 15.8. The highest BCUT2D eigenvalue weighted by molar-refractivity contribution is 5.80. The van der Waals surface area contributed by atoms with E-state index in [1.54, 1.807) is 0 Å². The summed E-state index contributed by atoms with van der Waals surface area (Å²) in [5.41, 5.74) is 0.934. The molecule has 1 saturated heterocycles. The first kappa shape index (κ1) is 18.1. The van der Waals surface area contributed by atoms with Crippen LogP contribution in [-0.2, 0) is 16.0 Å². The maximum atomic E-state index is 12.8. The Morgan fingerprint density at radius 3 is 2.48 bits per heavy atom. The van der Waals surface area contributed by atoms with E-state index in [1.807, 2.05) is 28.0 Å². The molecule has 27 heavy (non-hydrogen) atoms. The van der Waals surface area contributed by atoms with Crippen molar-refractivity contribution in [2.24, 2.45) is 5.92 Å². The molecule has 0 bridgehead atoms. The maximum Gasteiger partial charge on any atom is 0.231 e. The van der Waals surface area contributed by atoms with E-state index in [1.165, 1.54) is 19.3 Å². The maximum absolute atomic E-state index is 12.8. The van der Waals surface area contributed by atoms with Crippen LogP contribution >= 0.6 is 0 Å². The minimum absolute atomic E-state index is 0.112. The minimum Gasteiger partial charge on any atom is -0.454 e. The van der Waals surface area contributed by atoms with E-state index in [-0.39, 0.29) is 18.6 Å². The van der Waals surface area contributed by atoms with Gasteiger partial charge in [-0.2, -0.15) is 0 Å². The molecule has 6 nitrogen and oxygen atoms in total. The largest absolute Gasteiger partial charge is 0.454 e. The van der Waals surface area contributed by atoms with Gasteiger partial charge in [0.25, 0.3) is 0 Å². The summed E-state index contributed by atoms with van der Waals surface area (Å²) in [6.07, 6.45) is 6.86. The van der Waals surface area contributed by atoms with Crippen LogP contribution in [-0.4, -0.2) is 54.6 Å². The van der Waals surface area contributed by atoms with Crippen LogP contribution < -0.4 is 9.47 Å². The fourth-order valence-corrected chi connectivity index (χ4v) is 4.33. The molecule has 1 aromatic carbocycles. The van der Waals surface area contributed by atoms with Gasteiger partial charge in [-0.3, -0.25) is 9.59 Å². The Morgan fingerprint density at radius 1 is 0.889 bits per heavy atom. The lowest BCUT2D eigenvalue weighted by Crippen LogP contribution is -2.40. The van der Waals surface area contributed by atoms with E-state index in [9.17, 15) is 9.59 Å². The molecule has 4 rings (SSSR count). The minimum atomic E-state index is 0.112. The van der Waals surface area contributed by atoms with Crippen LogP contribution in [0.3, 0.4) is 0 Å². The number of ether oxygens (including phenoxy) is 2. The van der Waals surface area contributed by atoms with Crippen LogP contribution in [0.15, 0.2) is 18.2 Å². The average molecular weight is 372 g/mol. The Hall–Kier alpha value is -2.24. The first-order chi connectivity index (χ1) is 13.2. The van der Waals surface area contributed by atoms with Crippen LogP contribution in [0, 0.1) is 5.92 Å². The molecule has 146 valence electrons. The Morgan fingerprint density at radius 2 is 1.63 bits per heavy atom. The van der Waals surface area contributed by atoms with Crippen LogP contribution in [0.5, 0.6) is 11.5 Å². The van der Waals surface area contributed by atoms with Gasteiger partial charge in [-0.1, -0.05) is 25.3 Å². The summed E-state index contributed by atoms with van der Waals surface area (Å²) in [5, 5.41) is 0. The molecule has 6 heteroatoms. The van der Waals surface area contributed by atoms with Gasteiger partial charge in [0, 0.05) is 32.1 Å². The molecular formula is C21H28N2O4. The summed E-state index contributed by atoms with van der Waals surface area (Å²) < 4.78 is 10.7. The number of carbonyl (C=O) groups is 2. The number of rotatable bonds is 3. The van der Waals surface area contributed by atoms with Crippen molar-refractivity contribution in [3.63, 3.8) is 0 Å². The van der Waals surface area contributed by atoms with Crippen molar-refractivity contribution in [1.82, 2.24) is 9.80 Å². The number of benzene rings is 1. The number of nitrogens with zero attached hydrogens (tertiary/aromatic N) is 2. The molecule has 2 amide bonds. The van der Waals surface area contributed by atoms with Crippen molar-refractivity contribution in [2.45, 2.75) is 44.9 Å². The first-order valence-electron chi connectivity index (χ1n) is 10.2. The number of hydrogen-bond acceptors (Lipinski definition) is 4. The third-order valence-electron chi connectivity index (χ3n) is 5.91. The summed E-state index contributed by atoms with van der Waals surface area (Å²) in [6, 6.07) is 5.66. The second kappa shape index (κ2) is 8.19. The van der Waals surface area contributed by atoms with Gasteiger partial charge in [0.1, 0.15) is 0 Å². The van der Waals surface area contributed by atoms with Gasteiger partial charge in [0.15, 0.2) is 11.5 Å². The Bertz CT molecular complexity index is 699. The zero-order chi connectivity index (χ0) is 18.6. The number of fused-ring (bicyclic) bond motifs is 1. The van der Waals surface area contributed by atoms with E-state index < -0.39 is 0 Å². The van der Waals surface area contributed by atoms with Gasteiger partial charge in [0.05, 0.1) is 6.42 Å². The molecule has 1 saturated carbocycles. The summed E-state index contributed by atoms with van der Waals surface area (Å²) in [5.74, 6) is 2.06. The van der Waals surface area contributed by atoms with Crippen LogP contribution in [0.4, 0.5) is 0 Å². The second-order valence-electron chi connectivity index (χ2n) is 7.76. The molecule has 2 fully saturated rings. The fourth-order valence-electron chi connectivity index (χ4n) is 4.33. The second-order valence-corrected chi connectivity index (χ2v) is 7.76. The highest BCUT2D eigenvalue weighted by Gasteiger charge is 2.28. The van der Waals surface area contributed by atoms with E-state index in [0.717, 1.165) is 43.7 Å². The van der Waals surface area contributed by atoms with Gasteiger partial charge < -0.3 is 19.3 Å². The standard InChI is InChI=1S/C21H28N2O4/c24-20(14-16-7-8-18-19(13-16)27-15-26-18)22-9-4-10-23(12-11-22)21(25)17-5-2-1-3-6-17/h7-8,13,17H,1-6,9-12,14-15H2. The summed E-state index contributed by atoms with van der Waals surface area (Å²) >= 11 is 0. The van der Waals surface area contributed by atoms with E-state index in [2.05, 4.69) is 0 Å². The molecule has 0 unspecified atom stereocenters. The fraction of sp³-hybridized carbons (Fsp3) is 0.619. The average Bonchev–Trinajstić information content (AvgIpc) is 3.02. The summed E-state index contributed by atoms with van der Waals surface area (Å²) in [6.45, 7) is 3.01. The summed E-state index contributed by atoms with van der Waals surface area (Å²) in [7, 11) is 0. The normalized spacial score (nSPS) is 20.4. The van der Waals surface area contributed by atoms with Gasteiger partial charge in [-0.15, -0.1) is 0 Å². The Balaban J connectivity index is 1.32. The van der Waals surface area contributed by atoms with Gasteiger partial charge in [-0.25, -0.2) is 0 Å². The third-order valence-corrected chi connectivity index (χ3v) is 5.91. The van der Waals surface area contributed by atoms with E-state index in [0.29, 0.717) is 31.2 Å². The molecule has 0 atom stereocenters. The van der Waals surface area contributed by atoms with Crippen molar-refractivity contribution < 1.29 is 19.1 Å². The first-order valence-corrected chi connectivity index (χ1v) is 10.2. The van der Waals surface area contributed by atoms with Crippen molar-refractivity contribution in [3.05, 3.63) is 23.8 Å². The molecule has 0 radical (unpaired) electrons. The number of carbonyl (C=O) groups excluding carboxylic acids is 2. The molecule has 3 aliphatic rings. The predicted molar refractivity (Wildman–Crippen MR) is 101 cm³/mol. The van der Waals surface area contributed by atoms with Crippen molar-refractivity contribution in [3.8, 4) is 11.5 Å². The Kier molecular flexibility index (Phi) is 5.50. The quantitative estimate of drug-likeness (QED) is 0.818. The highest BCUT2D eigenvalue weighted by Crippen LogP contribution is 2.32. The molecule has 0 spiro atoms. The highest BCUT2D eigenvalue weighted by atomic mass is 16.7. The monoisotopic (exact) mass is 372 g/mol. The Labute approximate surface area is 160 Å². The van der Waals surface area contributed by atoms with Crippen LogP contribution in [0.25, 0.3) is 0 Å². The van der Waals surface area contributed by atoms with Crippen LogP contribution in [0.1, 0.15) is 44.1 Å².